The van der Waals surface area contributed by atoms with E-state index in [0.717, 1.165) is 12.8 Å². The molecule has 1 fully saturated rings. The fourth-order valence-electron chi connectivity index (χ4n) is 2.76. The number of aryl methyl sites for hydroxylation is 1. The molecule has 1 aliphatic rings. The van der Waals surface area contributed by atoms with Gasteiger partial charge in [-0.1, -0.05) is 13.3 Å². The van der Waals surface area contributed by atoms with Crippen LogP contribution in [0.25, 0.3) is 0 Å². The molecule has 2 rings (SSSR count). The highest BCUT2D eigenvalue weighted by molar-refractivity contribution is 7.12. The largest absolute Gasteiger partial charge is 0.383 e. The van der Waals surface area contributed by atoms with E-state index in [9.17, 15) is 4.79 Å². The third-order valence-electron chi connectivity index (χ3n) is 3.68. The van der Waals surface area contributed by atoms with Crippen LogP contribution < -0.4 is 5.32 Å². The molecule has 20 heavy (non-hydrogen) atoms. The van der Waals surface area contributed by atoms with Crippen LogP contribution in [0.4, 0.5) is 0 Å². The Morgan fingerprint density at radius 1 is 1.50 bits per heavy atom. The zero-order valence-electron chi connectivity index (χ0n) is 12.7. The first-order chi connectivity index (χ1) is 9.58. The summed E-state index contributed by atoms with van der Waals surface area (Å²) in [6.07, 6.45) is 1.88. The molecule has 0 spiro atoms. The van der Waals surface area contributed by atoms with Crippen molar-refractivity contribution in [2.24, 2.45) is 0 Å². The summed E-state index contributed by atoms with van der Waals surface area (Å²) in [4.78, 5) is 17.0. The van der Waals surface area contributed by atoms with Gasteiger partial charge < -0.3 is 9.64 Å². The van der Waals surface area contributed by atoms with Gasteiger partial charge in [0, 0.05) is 16.9 Å². The van der Waals surface area contributed by atoms with Crippen molar-refractivity contribution in [2.75, 3.05) is 13.7 Å². The van der Waals surface area contributed by atoms with Crippen LogP contribution in [0.3, 0.4) is 0 Å². The van der Waals surface area contributed by atoms with E-state index in [1.807, 2.05) is 11.8 Å². The van der Waals surface area contributed by atoms with Crippen LogP contribution in [-0.2, 0) is 9.53 Å². The predicted octanol–water partition coefficient (Wildman–Crippen LogP) is 2.69. The summed E-state index contributed by atoms with van der Waals surface area (Å²) in [5.41, 5.74) is 0. The zero-order valence-corrected chi connectivity index (χ0v) is 13.5. The van der Waals surface area contributed by atoms with Crippen molar-refractivity contribution in [2.45, 2.75) is 51.9 Å². The molecule has 3 atom stereocenters. The highest BCUT2D eigenvalue weighted by atomic mass is 32.1. The maximum Gasteiger partial charge on any atom is 0.241 e. The molecule has 1 aromatic rings. The first kappa shape index (κ1) is 15.5. The number of thiophene rings is 1. The number of carbonyl (C=O) groups excluding carboxylic acids is 1. The van der Waals surface area contributed by atoms with Crippen LogP contribution in [0.5, 0.6) is 0 Å². The minimum Gasteiger partial charge on any atom is -0.383 e. The van der Waals surface area contributed by atoms with Gasteiger partial charge >= 0.3 is 0 Å². The number of rotatable bonds is 6. The summed E-state index contributed by atoms with van der Waals surface area (Å²) in [7, 11) is 1.68. The van der Waals surface area contributed by atoms with Crippen molar-refractivity contribution in [3.63, 3.8) is 0 Å². The lowest BCUT2D eigenvalue weighted by molar-refractivity contribution is -0.133. The summed E-state index contributed by atoms with van der Waals surface area (Å²) in [6, 6.07) is 4.24. The molecule has 1 aliphatic heterocycles. The topological polar surface area (TPSA) is 41.6 Å². The smallest absolute Gasteiger partial charge is 0.241 e. The highest BCUT2D eigenvalue weighted by Crippen LogP contribution is 2.33. The van der Waals surface area contributed by atoms with Gasteiger partial charge in [-0.25, -0.2) is 0 Å². The highest BCUT2D eigenvalue weighted by Gasteiger charge is 2.41. The Bertz CT molecular complexity index is 460. The van der Waals surface area contributed by atoms with E-state index in [-0.39, 0.29) is 24.2 Å². The fourth-order valence-corrected chi connectivity index (χ4v) is 3.69. The number of amides is 1. The average molecular weight is 296 g/mol. The molecule has 2 heterocycles. The van der Waals surface area contributed by atoms with Gasteiger partial charge in [-0.05, 0) is 32.4 Å². The van der Waals surface area contributed by atoms with Crippen LogP contribution in [0.2, 0.25) is 0 Å². The van der Waals surface area contributed by atoms with Gasteiger partial charge in [-0.15, -0.1) is 11.3 Å². The fraction of sp³-hybridized carbons (Fsp3) is 0.667. The van der Waals surface area contributed by atoms with E-state index >= 15 is 0 Å². The van der Waals surface area contributed by atoms with Gasteiger partial charge in [0.1, 0.15) is 6.17 Å². The molecule has 0 bridgehead atoms. The van der Waals surface area contributed by atoms with Gasteiger partial charge in [-0.3, -0.25) is 10.1 Å². The lowest BCUT2D eigenvalue weighted by Crippen LogP contribution is -2.40. The minimum atomic E-state index is -0.0632. The number of nitrogens with zero attached hydrogens (tertiary/aromatic N) is 1. The monoisotopic (exact) mass is 296 g/mol. The molecule has 112 valence electrons. The van der Waals surface area contributed by atoms with Crippen molar-refractivity contribution < 1.29 is 9.53 Å². The van der Waals surface area contributed by atoms with Crippen LogP contribution in [0.15, 0.2) is 12.1 Å². The van der Waals surface area contributed by atoms with Crippen molar-refractivity contribution in [1.29, 1.82) is 0 Å². The maximum absolute atomic E-state index is 12.6. The summed E-state index contributed by atoms with van der Waals surface area (Å²) < 4.78 is 5.23. The standard InChI is InChI=1S/C15H24N2O2S/c1-5-6-12-15(18)17(10(2)9-19-4)14(16-12)13-8-7-11(3)20-13/h7-8,10,12,14,16H,5-6,9H2,1-4H3. The van der Waals surface area contributed by atoms with Crippen LogP contribution in [0.1, 0.15) is 42.6 Å². The minimum absolute atomic E-state index is 0.0112. The molecule has 5 heteroatoms. The van der Waals surface area contributed by atoms with Gasteiger partial charge in [0.25, 0.3) is 0 Å². The van der Waals surface area contributed by atoms with Gasteiger partial charge in [0.2, 0.25) is 5.91 Å². The van der Waals surface area contributed by atoms with Crippen molar-refractivity contribution >= 4 is 17.2 Å². The van der Waals surface area contributed by atoms with Gasteiger partial charge in [0.05, 0.1) is 18.7 Å². The quantitative estimate of drug-likeness (QED) is 0.877. The second kappa shape index (κ2) is 6.70. The summed E-state index contributed by atoms with van der Waals surface area (Å²) in [5, 5.41) is 3.49. The molecule has 1 saturated heterocycles. The van der Waals surface area contributed by atoms with Gasteiger partial charge in [0.15, 0.2) is 0 Å². The van der Waals surface area contributed by atoms with Gasteiger partial charge in [-0.2, -0.15) is 0 Å². The Balaban J connectivity index is 2.24. The van der Waals surface area contributed by atoms with E-state index in [1.165, 1.54) is 9.75 Å². The Kier molecular flexibility index (Phi) is 5.18. The van der Waals surface area contributed by atoms with E-state index < -0.39 is 0 Å². The van der Waals surface area contributed by atoms with Crippen molar-refractivity contribution in [1.82, 2.24) is 10.2 Å². The molecule has 4 nitrogen and oxygen atoms in total. The second-order valence-electron chi connectivity index (χ2n) is 5.41. The van der Waals surface area contributed by atoms with Crippen molar-refractivity contribution in [3.05, 3.63) is 21.9 Å². The normalized spacial score (nSPS) is 24.4. The van der Waals surface area contributed by atoms with E-state index in [2.05, 4.69) is 31.3 Å². The first-order valence-corrected chi connectivity index (χ1v) is 8.03. The molecule has 0 aromatic carbocycles. The van der Waals surface area contributed by atoms with Crippen LogP contribution >= 0.6 is 11.3 Å². The molecular formula is C15H24N2O2S. The molecule has 1 aromatic heterocycles. The first-order valence-electron chi connectivity index (χ1n) is 7.22. The number of hydrogen-bond donors (Lipinski definition) is 1. The second-order valence-corrected chi connectivity index (χ2v) is 6.73. The van der Waals surface area contributed by atoms with Crippen LogP contribution in [-0.4, -0.2) is 36.6 Å². The third kappa shape index (κ3) is 3.05. The molecular weight excluding hydrogens is 272 g/mol. The lowest BCUT2D eigenvalue weighted by atomic mass is 10.1. The number of methoxy groups -OCH3 is 1. The number of hydrogen-bond acceptors (Lipinski definition) is 4. The Labute approximate surface area is 125 Å². The Morgan fingerprint density at radius 2 is 2.25 bits per heavy atom. The SMILES string of the molecule is CCCC1NC(c2ccc(C)s2)N(C(C)COC)C1=O. The Morgan fingerprint density at radius 3 is 2.80 bits per heavy atom. The predicted molar refractivity (Wildman–Crippen MR) is 81.8 cm³/mol. The van der Waals surface area contributed by atoms with Crippen molar-refractivity contribution in [3.8, 4) is 0 Å². The molecule has 1 amide bonds. The van der Waals surface area contributed by atoms with E-state index in [0.29, 0.717) is 6.61 Å². The number of nitrogens with one attached hydrogen (secondary N) is 1. The molecule has 1 N–H and O–H groups in total. The molecule has 0 aliphatic carbocycles. The third-order valence-corrected chi connectivity index (χ3v) is 4.73. The molecule has 0 saturated carbocycles. The lowest BCUT2D eigenvalue weighted by Gasteiger charge is -2.29. The Hall–Kier alpha value is -0.910. The summed E-state index contributed by atoms with van der Waals surface area (Å²) >= 11 is 1.75. The molecule has 3 unspecified atom stereocenters. The zero-order chi connectivity index (χ0) is 14.7. The van der Waals surface area contributed by atoms with E-state index in [4.69, 9.17) is 4.74 Å². The molecule has 0 radical (unpaired) electrons. The number of ether oxygens (including phenoxy) is 1. The van der Waals surface area contributed by atoms with Crippen LogP contribution in [0, 0.1) is 6.92 Å². The maximum atomic E-state index is 12.6. The average Bonchev–Trinajstić information content (AvgIpc) is 2.95. The summed E-state index contributed by atoms with van der Waals surface area (Å²) in [5.74, 6) is 0.201. The summed E-state index contributed by atoms with van der Waals surface area (Å²) in [6.45, 7) is 6.82. The number of carbonyl (C=O) groups is 1. The van der Waals surface area contributed by atoms with E-state index in [1.54, 1.807) is 18.4 Å².